The van der Waals surface area contributed by atoms with Crippen molar-refractivity contribution in [3.63, 3.8) is 0 Å². The van der Waals surface area contributed by atoms with Crippen LogP contribution in [-0.2, 0) is 38.9 Å². The average molecular weight is 392 g/mol. The molecule has 0 spiro atoms. The molecule has 28 heavy (non-hydrogen) atoms. The molecular formula is C15H24N10O3. The fourth-order valence-corrected chi connectivity index (χ4v) is 3.18. The molecule has 3 rings (SSSR count). The van der Waals surface area contributed by atoms with Gasteiger partial charge in [0.25, 0.3) is 0 Å². The van der Waals surface area contributed by atoms with Gasteiger partial charge in [0, 0.05) is 19.6 Å². The lowest BCUT2D eigenvalue weighted by Crippen LogP contribution is -2.25. The molecule has 152 valence electrons. The van der Waals surface area contributed by atoms with Crippen molar-refractivity contribution in [1.82, 2.24) is 50.4 Å². The molecule has 0 saturated carbocycles. The van der Waals surface area contributed by atoms with Crippen LogP contribution in [0.3, 0.4) is 0 Å². The maximum atomic E-state index is 9.80. The Kier molecular flexibility index (Phi) is 5.73. The van der Waals surface area contributed by atoms with Crippen LogP contribution in [0.25, 0.3) is 0 Å². The Morgan fingerprint density at radius 3 is 1.14 bits per heavy atom. The molecule has 3 heterocycles. The van der Waals surface area contributed by atoms with E-state index in [-0.39, 0.29) is 0 Å². The third kappa shape index (κ3) is 3.74. The second-order valence-electron chi connectivity index (χ2n) is 6.32. The highest BCUT2D eigenvalue weighted by Gasteiger charge is 2.22. The smallest absolute Gasteiger partial charge is 0.104 e. The summed E-state index contributed by atoms with van der Waals surface area (Å²) in [5.74, 6) is 0. The van der Waals surface area contributed by atoms with Gasteiger partial charge in [-0.3, -0.25) is 4.90 Å². The van der Waals surface area contributed by atoms with Crippen molar-refractivity contribution >= 4 is 0 Å². The Bertz CT molecular complexity index is 811. The molecule has 0 aliphatic heterocycles. The van der Waals surface area contributed by atoms with Crippen LogP contribution < -0.4 is 0 Å². The summed E-state index contributed by atoms with van der Waals surface area (Å²) in [6.07, 6.45) is 1.69. The lowest BCUT2D eigenvalue weighted by Gasteiger charge is -2.20. The first-order chi connectivity index (χ1) is 13.5. The SMILES string of the molecule is CCc1c(CN(Cc2nnn(O)c2CC)Cc2nnn(O)c2CC)nnn1O. The van der Waals surface area contributed by atoms with Gasteiger partial charge in [0.1, 0.15) is 34.2 Å². The first kappa shape index (κ1) is 19.5. The van der Waals surface area contributed by atoms with Crippen LogP contribution in [0.15, 0.2) is 0 Å². The van der Waals surface area contributed by atoms with Crippen molar-refractivity contribution in [1.29, 1.82) is 0 Å². The van der Waals surface area contributed by atoms with Crippen LogP contribution in [0, 0.1) is 0 Å². The monoisotopic (exact) mass is 392 g/mol. The summed E-state index contributed by atoms with van der Waals surface area (Å²) in [6.45, 7) is 6.76. The van der Waals surface area contributed by atoms with Gasteiger partial charge in [-0.15, -0.1) is 15.3 Å². The van der Waals surface area contributed by atoms with Crippen molar-refractivity contribution in [2.75, 3.05) is 0 Å². The van der Waals surface area contributed by atoms with E-state index in [9.17, 15) is 15.6 Å². The Morgan fingerprint density at radius 2 is 0.893 bits per heavy atom. The molecule has 0 radical (unpaired) electrons. The minimum absolute atomic E-state index is 0.354. The third-order valence-corrected chi connectivity index (χ3v) is 4.60. The molecule has 0 aliphatic rings. The molecule has 0 saturated heterocycles. The van der Waals surface area contributed by atoms with E-state index in [1.165, 1.54) is 0 Å². The largest absolute Gasteiger partial charge is 0.410 e. The molecule has 0 unspecified atom stereocenters. The normalized spacial score (nSPS) is 11.6. The maximum Gasteiger partial charge on any atom is 0.104 e. The second-order valence-corrected chi connectivity index (χ2v) is 6.32. The number of rotatable bonds is 9. The Hall–Kier alpha value is -3.22. The second kappa shape index (κ2) is 8.21. The van der Waals surface area contributed by atoms with E-state index in [2.05, 4.69) is 30.9 Å². The van der Waals surface area contributed by atoms with Crippen LogP contribution in [0.4, 0.5) is 0 Å². The summed E-state index contributed by atoms with van der Waals surface area (Å²) in [7, 11) is 0. The van der Waals surface area contributed by atoms with Crippen molar-refractivity contribution in [2.24, 2.45) is 0 Å². The average Bonchev–Trinajstić information content (AvgIpc) is 3.32. The van der Waals surface area contributed by atoms with Gasteiger partial charge in [-0.25, -0.2) is 0 Å². The van der Waals surface area contributed by atoms with E-state index >= 15 is 0 Å². The summed E-state index contributed by atoms with van der Waals surface area (Å²) in [5, 5.41) is 52.6. The highest BCUT2D eigenvalue weighted by Crippen LogP contribution is 2.17. The van der Waals surface area contributed by atoms with E-state index < -0.39 is 0 Å². The maximum absolute atomic E-state index is 9.80. The fourth-order valence-electron chi connectivity index (χ4n) is 3.18. The third-order valence-electron chi connectivity index (χ3n) is 4.60. The quantitative estimate of drug-likeness (QED) is 0.425. The van der Waals surface area contributed by atoms with Crippen LogP contribution in [0.5, 0.6) is 0 Å². The molecule has 13 heteroatoms. The number of nitrogens with zero attached hydrogens (tertiary/aromatic N) is 10. The molecule has 13 nitrogen and oxygen atoms in total. The molecule has 0 amide bonds. The van der Waals surface area contributed by atoms with Gasteiger partial charge < -0.3 is 15.6 Å². The first-order valence-electron chi connectivity index (χ1n) is 9.08. The lowest BCUT2D eigenvalue weighted by atomic mass is 10.2. The summed E-state index contributed by atoms with van der Waals surface area (Å²) in [4.78, 5) is 4.29. The van der Waals surface area contributed by atoms with Crippen LogP contribution in [0.2, 0.25) is 0 Å². The summed E-state index contributed by atoms with van der Waals surface area (Å²) in [5.41, 5.74) is 3.67. The van der Waals surface area contributed by atoms with Crippen LogP contribution >= 0.6 is 0 Å². The van der Waals surface area contributed by atoms with Gasteiger partial charge in [-0.05, 0) is 34.9 Å². The Balaban J connectivity index is 1.90. The van der Waals surface area contributed by atoms with Gasteiger partial charge in [0.15, 0.2) is 0 Å². The van der Waals surface area contributed by atoms with Crippen molar-refractivity contribution in [3.05, 3.63) is 34.2 Å². The molecule has 3 aromatic heterocycles. The van der Waals surface area contributed by atoms with Crippen molar-refractivity contribution < 1.29 is 15.6 Å². The zero-order valence-corrected chi connectivity index (χ0v) is 16.1. The van der Waals surface area contributed by atoms with Crippen LogP contribution in [-0.4, -0.2) is 66.0 Å². The summed E-state index contributed by atoms with van der Waals surface area (Å²) >= 11 is 0. The standard InChI is InChI=1S/C15H24N10O3/c1-4-13-10(16-19-23(13)26)7-22(8-11-14(5-2)24(27)20-17-11)9-12-15(6-3)25(28)21-18-12/h26-28H,4-9H2,1-3H3. The number of aromatic nitrogens is 9. The van der Waals surface area contributed by atoms with Crippen LogP contribution in [0.1, 0.15) is 54.9 Å². The summed E-state index contributed by atoms with van der Waals surface area (Å²) < 4.78 is 0. The molecule has 0 fully saturated rings. The van der Waals surface area contributed by atoms with E-state index in [0.717, 1.165) is 14.5 Å². The molecule has 0 aromatic carbocycles. The van der Waals surface area contributed by atoms with Gasteiger partial charge >= 0.3 is 0 Å². The first-order valence-corrected chi connectivity index (χ1v) is 9.08. The van der Waals surface area contributed by atoms with Crippen molar-refractivity contribution in [2.45, 2.75) is 59.7 Å². The van der Waals surface area contributed by atoms with E-state index in [0.29, 0.717) is 73.1 Å². The Labute approximate surface area is 160 Å². The van der Waals surface area contributed by atoms with E-state index in [1.807, 2.05) is 25.7 Å². The van der Waals surface area contributed by atoms with Gasteiger partial charge in [-0.1, -0.05) is 35.3 Å². The minimum atomic E-state index is 0.354. The highest BCUT2D eigenvalue weighted by atomic mass is 16.5. The van der Waals surface area contributed by atoms with Gasteiger partial charge in [0.2, 0.25) is 0 Å². The summed E-state index contributed by atoms with van der Waals surface area (Å²) in [6, 6.07) is 0. The van der Waals surface area contributed by atoms with E-state index in [4.69, 9.17) is 0 Å². The molecule has 3 aromatic rings. The molecule has 0 aliphatic carbocycles. The zero-order valence-electron chi connectivity index (χ0n) is 16.1. The lowest BCUT2D eigenvalue weighted by molar-refractivity contribution is 0.134. The predicted octanol–water partition coefficient (Wildman–Crippen LogP) is 0.0626. The zero-order chi connectivity index (χ0) is 20.3. The molecular weight excluding hydrogens is 368 g/mol. The highest BCUT2D eigenvalue weighted by molar-refractivity contribution is 5.14. The van der Waals surface area contributed by atoms with E-state index in [1.54, 1.807) is 0 Å². The molecule has 3 N–H and O–H groups in total. The molecule has 0 bridgehead atoms. The number of hydrogen-bond acceptors (Lipinski definition) is 10. The number of hydrogen-bond donors (Lipinski definition) is 3. The van der Waals surface area contributed by atoms with Gasteiger partial charge in [0.05, 0.1) is 0 Å². The van der Waals surface area contributed by atoms with Gasteiger partial charge in [-0.2, -0.15) is 0 Å². The minimum Gasteiger partial charge on any atom is -0.410 e. The fraction of sp³-hybridized carbons (Fsp3) is 0.600. The topological polar surface area (TPSA) is 156 Å². The molecule has 0 atom stereocenters. The predicted molar refractivity (Wildman–Crippen MR) is 92.7 cm³/mol. The Morgan fingerprint density at radius 1 is 0.607 bits per heavy atom. The van der Waals surface area contributed by atoms with Crippen molar-refractivity contribution in [3.8, 4) is 0 Å².